The van der Waals surface area contributed by atoms with E-state index in [4.69, 9.17) is 0 Å². The van der Waals surface area contributed by atoms with Crippen LogP contribution in [0.2, 0.25) is 0 Å². The minimum absolute atomic E-state index is 0.0540. The molecule has 1 aromatic rings. The van der Waals surface area contributed by atoms with Crippen LogP contribution in [-0.4, -0.2) is 11.3 Å². The Morgan fingerprint density at radius 3 is 1.76 bits per heavy atom. The molecule has 0 spiro atoms. The molecule has 0 radical (unpaired) electrons. The average molecular weight is 248 g/mol. The average Bonchev–Trinajstić information content (AvgIpc) is 2.74. The molecule has 0 unspecified atom stereocenters. The molecule has 0 amide bonds. The Balaban J connectivity index is 2.30. The van der Waals surface area contributed by atoms with Gasteiger partial charge in [-0.1, -0.05) is 65.9 Å². The lowest BCUT2D eigenvalue weighted by atomic mass is 10.0. The van der Waals surface area contributed by atoms with Gasteiger partial charge in [-0.2, -0.15) is 0 Å². The van der Waals surface area contributed by atoms with Crippen LogP contribution in [0.15, 0.2) is 30.3 Å². The second kappa shape index (κ2) is 5.53. The minimum atomic E-state index is 0.0540. The zero-order valence-electron chi connectivity index (χ0n) is 11.6. The highest BCUT2D eigenvalue weighted by molar-refractivity contribution is 7.67. The van der Waals surface area contributed by atoms with Crippen molar-refractivity contribution in [3.8, 4) is 0 Å². The molecule has 17 heavy (non-hydrogen) atoms. The molecule has 0 N–H and O–H groups in total. The molecule has 1 saturated heterocycles. The van der Waals surface area contributed by atoms with E-state index < -0.39 is 0 Å². The van der Waals surface area contributed by atoms with Crippen LogP contribution < -0.4 is 5.30 Å². The summed E-state index contributed by atoms with van der Waals surface area (Å²) >= 11 is 0. The van der Waals surface area contributed by atoms with Crippen molar-refractivity contribution in [3.63, 3.8) is 0 Å². The van der Waals surface area contributed by atoms with Gasteiger partial charge in [0.2, 0.25) is 0 Å². The summed E-state index contributed by atoms with van der Waals surface area (Å²) in [6, 6.07) is 11.3. The van der Waals surface area contributed by atoms with Crippen molar-refractivity contribution in [2.45, 2.75) is 51.9 Å². The SMILES string of the molecule is CC(C)[C@@H]1CC[C@@H](C(C)C)P1c1ccccc1. The Morgan fingerprint density at radius 1 is 0.882 bits per heavy atom. The Labute approximate surface area is 108 Å². The van der Waals surface area contributed by atoms with E-state index in [9.17, 15) is 0 Å². The zero-order chi connectivity index (χ0) is 12.4. The van der Waals surface area contributed by atoms with E-state index in [-0.39, 0.29) is 7.92 Å². The summed E-state index contributed by atoms with van der Waals surface area (Å²) in [5.41, 5.74) is 1.89. The summed E-state index contributed by atoms with van der Waals surface area (Å²) in [4.78, 5) is 0. The third kappa shape index (κ3) is 2.74. The highest BCUT2D eigenvalue weighted by Crippen LogP contribution is 2.59. The van der Waals surface area contributed by atoms with Gasteiger partial charge < -0.3 is 0 Å². The van der Waals surface area contributed by atoms with Crippen molar-refractivity contribution in [1.29, 1.82) is 0 Å². The Morgan fingerprint density at radius 2 is 1.35 bits per heavy atom. The lowest BCUT2D eigenvalue weighted by Crippen LogP contribution is -2.21. The topological polar surface area (TPSA) is 0 Å². The van der Waals surface area contributed by atoms with Gasteiger partial charge in [-0.3, -0.25) is 0 Å². The monoisotopic (exact) mass is 248 g/mol. The van der Waals surface area contributed by atoms with E-state index in [0.717, 1.165) is 23.2 Å². The van der Waals surface area contributed by atoms with E-state index in [1.54, 1.807) is 5.30 Å². The fraction of sp³-hybridized carbons (Fsp3) is 0.625. The molecule has 0 aliphatic carbocycles. The predicted octanol–water partition coefficient (Wildman–Crippen LogP) is 4.64. The molecule has 2 atom stereocenters. The molecule has 2 rings (SSSR count). The van der Waals surface area contributed by atoms with Gasteiger partial charge in [0.1, 0.15) is 0 Å². The summed E-state index contributed by atoms with van der Waals surface area (Å²) in [7, 11) is 0.0540. The molecule has 0 bridgehead atoms. The first-order valence-electron chi connectivity index (χ1n) is 6.94. The first kappa shape index (κ1) is 13.1. The van der Waals surface area contributed by atoms with E-state index in [2.05, 4.69) is 58.0 Å². The third-order valence-corrected chi connectivity index (χ3v) is 8.10. The van der Waals surface area contributed by atoms with E-state index in [1.807, 2.05) is 0 Å². The molecule has 1 fully saturated rings. The van der Waals surface area contributed by atoms with E-state index in [1.165, 1.54) is 12.8 Å². The van der Waals surface area contributed by atoms with Gasteiger partial charge in [0.05, 0.1) is 0 Å². The normalized spacial score (nSPS) is 26.0. The maximum Gasteiger partial charge on any atom is -0.0143 e. The van der Waals surface area contributed by atoms with Gasteiger partial charge in [-0.25, -0.2) is 0 Å². The van der Waals surface area contributed by atoms with Gasteiger partial charge >= 0.3 is 0 Å². The lowest BCUT2D eigenvalue weighted by molar-refractivity contribution is 0.543. The maximum absolute atomic E-state index is 2.41. The maximum atomic E-state index is 2.41. The van der Waals surface area contributed by atoms with Crippen LogP contribution in [0.25, 0.3) is 0 Å². The Hall–Kier alpha value is -0.350. The number of hydrogen-bond donors (Lipinski definition) is 0. The molecule has 94 valence electrons. The summed E-state index contributed by atoms with van der Waals surface area (Å²) < 4.78 is 0. The molecule has 1 heteroatoms. The van der Waals surface area contributed by atoms with Crippen molar-refractivity contribution >= 4 is 13.2 Å². The van der Waals surface area contributed by atoms with E-state index in [0.29, 0.717) is 0 Å². The fourth-order valence-corrected chi connectivity index (χ4v) is 7.07. The van der Waals surface area contributed by atoms with Gasteiger partial charge in [-0.15, -0.1) is 0 Å². The smallest absolute Gasteiger partial charge is 0.0143 e. The van der Waals surface area contributed by atoms with Crippen LogP contribution in [0, 0.1) is 11.8 Å². The van der Waals surface area contributed by atoms with Gasteiger partial charge in [-0.05, 0) is 41.3 Å². The van der Waals surface area contributed by atoms with Crippen molar-refractivity contribution < 1.29 is 0 Å². The van der Waals surface area contributed by atoms with Crippen molar-refractivity contribution in [2.75, 3.05) is 0 Å². The summed E-state index contributed by atoms with van der Waals surface area (Å²) in [6.45, 7) is 9.63. The van der Waals surface area contributed by atoms with Gasteiger partial charge in [0.15, 0.2) is 0 Å². The molecular formula is C16H25P. The standard InChI is InChI=1S/C16H25P/c1-12(2)15-10-11-16(13(3)4)17(15)14-8-6-5-7-9-14/h5-9,12-13,15-16H,10-11H2,1-4H3/t15-,16-/m0/s1. The molecule has 1 heterocycles. The van der Waals surface area contributed by atoms with Crippen LogP contribution in [0.3, 0.4) is 0 Å². The minimum Gasteiger partial charge on any atom is -0.0684 e. The lowest BCUT2D eigenvalue weighted by Gasteiger charge is -2.30. The molecule has 1 aliphatic rings. The number of hydrogen-bond acceptors (Lipinski definition) is 0. The number of rotatable bonds is 3. The van der Waals surface area contributed by atoms with Crippen LogP contribution in [-0.2, 0) is 0 Å². The summed E-state index contributed by atoms with van der Waals surface area (Å²) in [6.07, 6.45) is 2.89. The van der Waals surface area contributed by atoms with Crippen molar-refractivity contribution in [3.05, 3.63) is 30.3 Å². The molecule has 0 aromatic heterocycles. The van der Waals surface area contributed by atoms with E-state index >= 15 is 0 Å². The highest BCUT2D eigenvalue weighted by Gasteiger charge is 2.39. The molecule has 0 saturated carbocycles. The largest absolute Gasteiger partial charge is 0.0684 e. The highest BCUT2D eigenvalue weighted by atomic mass is 31.1. The van der Waals surface area contributed by atoms with Crippen molar-refractivity contribution in [2.24, 2.45) is 11.8 Å². The first-order valence-corrected chi connectivity index (χ1v) is 8.42. The van der Waals surface area contributed by atoms with Crippen LogP contribution in [0.1, 0.15) is 40.5 Å². The van der Waals surface area contributed by atoms with Gasteiger partial charge in [0.25, 0.3) is 0 Å². The van der Waals surface area contributed by atoms with Crippen LogP contribution in [0.4, 0.5) is 0 Å². The zero-order valence-corrected chi connectivity index (χ0v) is 12.5. The number of benzene rings is 1. The van der Waals surface area contributed by atoms with Gasteiger partial charge in [0, 0.05) is 0 Å². The summed E-state index contributed by atoms with van der Waals surface area (Å²) in [5, 5.41) is 1.64. The first-order chi connectivity index (χ1) is 8.11. The second-order valence-corrected chi connectivity index (χ2v) is 8.60. The fourth-order valence-electron chi connectivity index (χ4n) is 3.16. The van der Waals surface area contributed by atoms with Crippen LogP contribution >= 0.6 is 7.92 Å². The summed E-state index contributed by atoms with van der Waals surface area (Å²) in [5.74, 6) is 1.68. The molecule has 1 aliphatic heterocycles. The third-order valence-electron chi connectivity index (χ3n) is 4.07. The Kier molecular flexibility index (Phi) is 4.26. The second-order valence-electron chi connectivity index (χ2n) is 5.94. The molecular weight excluding hydrogens is 223 g/mol. The molecule has 1 aromatic carbocycles. The van der Waals surface area contributed by atoms with Crippen LogP contribution in [0.5, 0.6) is 0 Å². The molecule has 0 nitrogen and oxygen atoms in total. The quantitative estimate of drug-likeness (QED) is 0.684. The predicted molar refractivity (Wildman–Crippen MR) is 79.5 cm³/mol. The Bertz CT molecular complexity index is 326. The van der Waals surface area contributed by atoms with Crippen molar-refractivity contribution in [1.82, 2.24) is 0 Å².